The molecule has 0 bridgehead atoms. The summed E-state index contributed by atoms with van der Waals surface area (Å²) in [5, 5.41) is 38.1. The lowest BCUT2D eigenvalue weighted by atomic mass is 9.96. The van der Waals surface area contributed by atoms with Gasteiger partial charge in [-0.15, -0.1) is 12.4 Å². The number of para-hydroxylation sites is 2. The van der Waals surface area contributed by atoms with Crippen molar-refractivity contribution in [2.75, 3.05) is 36.6 Å². The number of carbonyl (C=O) groups excluding carboxylic acids is 1. The Balaban J connectivity index is 0.00000480. The van der Waals surface area contributed by atoms with Crippen LogP contribution in [0.1, 0.15) is 23.7 Å². The molecule has 1 aliphatic heterocycles. The lowest BCUT2D eigenvalue weighted by molar-refractivity contribution is -0.261. The summed E-state index contributed by atoms with van der Waals surface area (Å²) < 4.78 is 43.6. The first-order valence-corrected chi connectivity index (χ1v) is 16.0. The maximum Gasteiger partial charge on any atom is 0.253 e. The van der Waals surface area contributed by atoms with Crippen LogP contribution in [0.4, 0.5) is 17.1 Å². The monoisotopic (exact) mass is 676 g/mol. The van der Waals surface area contributed by atoms with E-state index < -0.39 is 53.2 Å². The van der Waals surface area contributed by atoms with Crippen LogP contribution in [0.25, 0.3) is 21.8 Å². The first kappa shape index (κ1) is 35.1. The molecule has 4 aromatic rings. The van der Waals surface area contributed by atoms with Crippen LogP contribution in [0.3, 0.4) is 0 Å². The first-order valence-electron chi connectivity index (χ1n) is 14.3. The molecule has 1 aromatic heterocycles. The van der Waals surface area contributed by atoms with Crippen molar-refractivity contribution in [1.29, 1.82) is 0 Å². The Labute approximate surface area is 272 Å². The molecule has 0 unspecified atom stereocenters. The van der Waals surface area contributed by atoms with E-state index >= 15 is 0 Å². The number of pyridine rings is 1. The number of aliphatic hydroxyl groups is 3. The summed E-state index contributed by atoms with van der Waals surface area (Å²) in [6.07, 6.45) is -4.68. The molecule has 1 saturated heterocycles. The maximum absolute atomic E-state index is 13.7. The van der Waals surface area contributed by atoms with E-state index in [-0.39, 0.29) is 23.7 Å². The van der Waals surface area contributed by atoms with Gasteiger partial charge in [-0.3, -0.25) is 9.52 Å². The molecule has 46 heavy (non-hydrogen) atoms. The average Bonchev–Trinajstić information content (AvgIpc) is 3.03. The number of rotatable bonds is 11. The van der Waals surface area contributed by atoms with Gasteiger partial charge in [0, 0.05) is 23.9 Å². The molecule has 3 aromatic carbocycles. The third-order valence-electron chi connectivity index (χ3n) is 7.57. The van der Waals surface area contributed by atoms with Crippen molar-refractivity contribution in [1.82, 2.24) is 10.3 Å². The standard InChI is InChI=1S/C31H36N4O9S.ClH/c1-4-14-45(40,41)35-17-12-13-22(23(15-17)42-2)33-25-18-8-5-6-11-21(18)32-26-19(25)9-7-10-20(26)30(39)34-27-29(38)28(37)24(16-36)44-31(27)43-3;/h5-13,15,24,27-29,31,35-38H,4,14,16H2,1-3H3,(H,32,33)(H,34,39);1H/t24-,27-,28-,29-,31+;/m1./s1. The van der Waals surface area contributed by atoms with Gasteiger partial charge in [-0.05, 0) is 30.7 Å². The molecule has 0 spiro atoms. The summed E-state index contributed by atoms with van der Waals surface area (Å²) in [5.74, 6) is -0.228. The Morgan fingerprint density at radius 3 is 2.46 bits per heavy atom. The van der Waals surface area contributed by atoms with Crippen LogP contribution in [0.15, 0.2) is 60.7 Å². The van der Waals surface area contributed by atoms with Gasteiger partial charge in [0.05, 0.1) is 53.1 Å². The number of aromatic nitrogens is 1. The second-order valence-electron chi connectivity index (χ2n) is 10.6. The highest BCUT2D eigenvalue weighted by molar-refractivity contribution is 7.92. The Morgan fingerprint density at radius 2 is 1.76 bits per heavy atom. The quantitative estimate of drug-likeness (QED) is 0.128. The minimum Gasteiger partial charge on any atom is -0.494 e. The number of benzene rings is 3. The average molecular weight is 677 g/mol. The van der Waals surface area contributed by atoms with E-state index in [1.165, 1.54) is 14.2 Å². The largest absolute Gasteiger partial charge is 0.494 e. The molecule has 15 heteroatoms. The summed E-state index contributed by atoms with van der Waals surface area (Å²) in [7, 11) is -0.702. The number of amides is 1. The second kappa shape index (κ2) is 14.8. The molecular formula is C31H37ClN4O9S. The zero-order chi connectivity index (χ0) is 32.3. The number of halogens is 1. The van der Waals surface area contributed by atoms with Crippen LogP contribution in [0.2, 0.25) is 0 Å². The number of ether oxygens (including phenoxy) is 3. The van der Waals surface area contributed by atoms with E-state index in [0.29, 0.717) is 45.7 Å². The third-order valence-corrected chi connectivity index (χ3v) is 9.07. The highest BCUT2D eigenvalue weighted by Gasteiger charge is 2.45. The predicted molar refractivity (Wildman–Crippen MR) is 176 cm³/mol. The zero-order valence-corrected chi connectivity index (χ0v) is 27.0. The summed E-state index contributed by atoms with van der Waals surface area (Å²) in [5.41, 5.74) is 2.66. The normalized spacial score (nSPS) is 21.4. The van der Waals surface area contributed by atoms with Gasteiger partial charge in [-0.1, -0.05) is 37.3 Å². The number of fused-ring (bicyclic) bond motifs is 2. The van der Waals surface area contributed by atoms with Crippen molar-refractivity contribution >= 4 is 67.2 Å². The number of hydrogen-bond donors (Lipinski definition) is 6. The van der Waals surface area contributed by atoms with E-state index in [4.69, 9.17) is 19.2 Å². The summed E-state index contributed by atoms with van der Waals surface area (Å²) in [4.78, 5) is 18.5. The number of nitrogens with one attached hydrogen (secondary N) is 3. The van der Waals surface area contributed by atoms with Crippen LogP contribution in [0, 0.1) is 0 Å². The van der Waals surface area contributed by atoms with Crippen molar-refractivity contribution in [3.63, 3.8) is 0 Å². The van der Waals surface area contributed by atoms with Gasteiger partial charge in [0.25, 0.3) is 5.91 Å². The molecular weight excluding hydrogens is 640 g/mol. The van der Waals surface area contributed by atoms with Crippen molar-refractivity contribution < 1.29 is 42.7 Å². The van der Waals surface area contributed by atoms with Crippen molar-refractivity contribution in [3.05, 3.63) is 66.2 Å². The molecule has 0 saturated carbocycles. The molecule has 1 amide bonds. The lowest BCUT2D eigenvalue weighted by Gasteiger charge is -2.41. The fourth-order valence-electron chi connectivity index (χ4n) is 5.39. The molecule has 2 heterocycles. The maximum atomic E-state index is 13.7. The topological polar surface area (TPSA) is 189 Å². The van der Waals surface area contributed by atoms with Gasteiger partial charge in [-0.25, -0.2) is 13.4 Å². The number of aliphatic hydroxyl groups excluding tert-OH is 3. The molecule has 248 valence electrons. The van der Waals surface area contributed by atoms with E-state index in [0.717, 1.165) is 5.39 Å². The minimum atomic E-state index is -3.51. The highest BCUT2D eigenvalue weighted by atomic mass is 35.5. The van der Waals surface area contributed by atoms with E-state index in [2.05, 4.69) is 15.4 Å². The van der Waals surface area contributed by atoms with Gasteiger partial charge in [0.2, 0.25) is 10.0 Å². The fraction of sp³-hybridized carbons (Fsp3) is 0.355. The number of anilines is 3. The smallest absolute Gasteiger partial charge is 0.253 e. The van der Waals surface area contributed by atoms with Gasteiger partial charge >= 0.3 is 0 Å². The molecule has 5 atom stereocenters. The van der Waals surface area contributed by atoms with Crippen LogP contribution in [0.5, 0.6) is 5.75 Å². The fourth-order valence-corrected chi connectivity index (χ4v) is 6.52. The van der Waals surface area contributed by atoms with Crippen molar-refractivity contribution in [3.8, 4) is 5.75 Å². The molecule has 1 fully saturated rings. The lowest BCUT2D eigenvalue weighted by Crippen LogP contribution is -2.64. The molecule has 13 nitrogen and oxygen atoms in total. The predicted octanol–water partition coefficient (Wildman–Crippen LogP) is 2.90. The molecule has 0 radical (unpaired) electrons. The van der Waals surface area contributed by atoms with Gasteiger partial charge in [0.15, 0.2) is 6.29 Å². The Bertz CT molecular complexity index is 1810. The van der Waals surface area contributed by atoms with Gasteiger partial charge in [0.1, 0.15) is 30.1 Å². The molecule has 6 N–H and O–H groups in total. The Morgan fingerprint density at radius 1 is 1.02 bits per heavy atom. The third kappa shape index (κ3) is 7.13. The number of sulfonamides is 1. The summed E-state index contributed by atoms with van der Waals surface area (Å²) >= 11 is 0. The number of carbonyl (C=O) groups is 1. The SMILES string of the molecule is CCCS(=O)(=O)Nc1ccc(Nc2c3ccccc3nc3c(C(=O)N[C@H]4[C@@H](OC)O[C@H](CO)[C@@H](O)[C@@H]4O)cccc23)c(OC)c1.Cl. The van der Waals surface area contributed by atoms with Crippen LogP contribution in [-0.2, 0) is 19.5 Å². The van der Waals surface area contributed by atoms with E-state index in [9.17, 15) is 28.5 Å². The molecule has 0 aliphatic carbocycles. The first-order chi connectivity index (χ1) is 21.6. The van der Waals surface area contributed by atoms with Crippen LogP contribution >= 0.6 is 12.4 Å². The summed E-state index contributed by atoms with van der Waals surface area (Å²) in [6, 6.07) is 16.2. The number of hydrogen-bond acceptors (Lipinski definition) is 11. The zero-order valence-electron chi connectivity index (χ0n) is 25.3. The van der Waals surface area contributed by atoms with Crippen molar-refractivity contribution in [2.45, 2.75) is 44.0 Å². The van der Waals surface area contributed by atoms with Crippen LogP contribution < -0.4 is 20.1 Å². The Kier molecular flexibility index (Phi) is 11.3. The minimum absolute atomic E-state index is 0. The van der Waals surface area contributed by atoms with Crippen LogP contribution in [-0.4, -0.2) is 91.9 Å². The number of methoxy groups -OCH3 is 2. The van der Waals surface area contributed by atoms with Gasteiger partial charge < -0.3 is 40.2 Å². The second-order valence-corrected chi connectivity index (χ2v) is 12.5. The Hall–Kier alpha value is -3.76. The number of nitrogens with zero attached hydrogens (tertiary/aromatic N) is 1. The highest BCUT2D eigenvalue weighted by Crippen LogP contribution is 2.38. The van der Waals surface area contributed by atoms with Crippen molar-refractivity contribution in [2.24, 2.45) is 0 Å². The van der Waals surface area contributed by atoms with Gasteiger partial charge in [-0.2, -0.15) is 0 Å². The molecule has 5 rings (SSSR count). The van der Waals surface area contributed by atoms with E-state index in [1.807, 2.05) is 24.3 Å². The summed E-state index contributed by atoms with van der Waals surface area (Å²) in [6.45, 7) is 1.24. The van der Waals surface area contributed by atoms with E-state index in [1.54, 1.807) is 43.3 Å². The molecule has 1 aliphatic rings.